The normalized spacial score (nSPS) is 12.4. The minimum absolute atomic E-state index is 0.0403. The van der Waals surface area contributed by atoms with Crippen molar-refractivity contribution in [3.05, 3.63) is 282 Å². The summed E-state index contributed by atoms with van der Waals surface area (Å²) in [5.74, 6) is 7.41. The van der Waals surface area contributed by atoms with Crippen LogP contribution in [-0.2, 0) is 9.53 Å². The predicted molar refractivity (Wildman–Crippen MR) is 429 cm³/mol. The number of rotatable bonds is 27. The van der Waals surface area contributed by atoms with Crippen molar-refractivity contribution in [3.63, 3.8) is 0 Å². The van der Waals surface area contributed by atoms with Crippen LogP contribution in [0, 0.1) is 55.4 Å². The molecule has 0 aliphatic carbocycles. The van der Waals surface area contributed by atoms with E-state index in [0.717, 1.165) is 135 Å². The molecule has 10 aromatic rings. The van der Waals surface area contributed by atoms with Crippen LogP contribution >= 0.6 is 15.9 Å². The summed E-state index contributed by atoms with van der Waals surface area (Å²) in [4.78, 5) is 13.7. The number of alkyl halides is 1. The summed E-state index contributed by atoms with van der Waals surface area (Å²) in [6, 6.07) is 59.7. The summed E-state index contributed by atoms with van der Waals surface area (Å²) in [6.07, 6.45) is -0.672. The van der Waals surface area contributed by atoms with Crippen molar-refractivity contribution < 1.29 is 76.6 Å². The van der Waals surface area contributed by atoms with E-state index in [-0.39, 0.29) is 41.8 Å². The van der Waals surface area contributed by atoms with E-state index in [2.05, 4.69) is 89.6 Å². The van der Waals surface area contributed by atoms with Gasteiger partial charge in [-0.05, 0) is 241 Å². The molecule has 0 fully saturated rings. The SMILES string of the molecule is CCOC(=O)C(c1ccc(OC)c(OC)c1)C(c1ccc(OC)c(C)c1)c1ccc(C)c(OC)c1.COc1ccc(C(Br)c2ccc(C)c(OC)c2)cc1C.COc1ccc(C(O)c2ccc(C)c(OC)c2)cc1C.COc1ccc(C(c2ccc(C)c(OC)c2)C(CO)c2ccc(OC)c(OC)c2)cc1C. The average Bonchev–Trinajstić information content (AvgIpc) is 0.809. The lowest BCUT2D eigenvalue weighted by Gasteiger charge is -2.29. The van der Waals surface area contributed by atoms with Crippen LogP contribution in [0.3, 0.4) is 0 Å². The number of ether oxygens (including phenoxy) is 13. The standard InChI is InChI=1S/C29H34O6.C27H32O5.C17H19BrO2.C17H20O3/c1-8-35-29(30)28(22-12-14-24(32-5)26(17-22)34-7)27(20-11-13-23(31-4)19(3)15-20)21-10-9-18(2)25(16-21)33-6;1-17-7-8-21(15-25(17)31-5)27(20-10-11-23(29-3)18(2)13-20)22(16-28)19-9-12-24(30-4)26(14-19)32-6;2*1-11-5-6-14(10-16(11)20-4)17(18)13-7-8-15(19-3)12(2)9-13/h9-17,27-28H,8H2,1-7H3;7-15,22,27-28H,16H2,1-6H3;5-10,17H,1-4H3;5-10,17-18H,1-4H3. The predicted octanol–water partition coefficient (Wildman–Crippen LogP) is 19.3. The maximum atomic E-state index is 13.6. The van der Waals surface area contributed by atoms with E-state index in [1.165, 1.54) is 11.1 Å². The minimum Gasteiger partial charge on any atom is -0.496 e. The zero-order valence-electron chi connectivity index (χ0n) is 65.7. The monoisotopic (exact) mass is 1520 g/mol. The molecule has 0 spiro atoms. The zero-order valence-corrected chi connectivity index (χ0v) is 67.3. The molecule has 6 unspecified atom stereocenters. The van der Waals surface area contributed by atoms with Gasteiger partial charge in [0, 0.05) is 17.8 Å². The van der Waals surface area contributed by atoms with Crippen molar-refractivity contribution in [2.75, 3.05) is 98.5 Å². The van der Waals surface area contributed by atoms with Gasteiger partial charge >= 0.3 is 5.97 Å². The third-order valence-corrected chi connectivity index (χ3v) is 20.2. The number of halogens is 1. The average molecular weight is 1520 g/mol. The Labute approximate surface area is 641 Å². The lowest BCUT2D eigenvalue weighted by Crippen LogP contribution is -2.24. The summed E-state index contributed by atoms with van der Waals surface area (Å²) >= 11 is 3.77. The molecule has 16 nitrogen and oxygen atoms in total. The number of hydrogen-bond acceptors (Lipinski definition) is 16. The molecule has 0 radical (unpaired) electrons. The van der Waals surface area contributed by atoms with Crippen molar-refractivity contribution in [2.24, 2.45) is 0 Å². The summed E-state index contributed by atoms with van der Waals surface area (Å²) in [5.41, 5.74) is 18.2. The Balaban J connectivity index is 0.000000205. The molecule has 17 heteroatoms. The molecule has 0 aromatic heterocycles. The molecule has 10 aromatic carbocycles. The highest BCUT2D eigenvalue weighted by atomic mass is 79.9. The first-order valence-electron chi connectivity index (χ1n) is 35.2. The molecule has 6 atom stereocenters. The minimum atomic E-state index is -0.672. The van der Waals surface area contributed by atoms with Gasteiger partial charge in [0.15, 0.2) is 23.0 Å². The van der Waals surface area contributed by atoms with Gasteiger partial charge in [0.05, 0.1) is 109 Å². The Kier molecular flexibility index (Phi) is 31.7. The van der Waals surface area contributed by atoms with Crippen molar-refractivity contribution in [2.45, 2.75) is 96.9 Å². The molecular weight excluding hydrogens is 1420 g/mol. The molecule has 568 valence electrons. The third kappa shape index (κ3) is 20.8. The van der Waals surface area contributed by atoms with E-state index < -0.39 is 12.0 Å². The van der Waals surface area contributed by atoms with Crippen LogP contribution in [0.5, 0.6) is 69.0 Å². The number of aliphatic hydroxyl groups excluding tert-OH is 2. The lowest BCUT2D eigenvalue weighted by molar-refractivity contribution is -0.145. The maximum Gasteiger partial charge on any atom is 0.314 e. The number of aryl methyl sites for hydroxylation is 8. The summed E-state index contributed by atoms with van der Waals surface area (Å²) < 4.78 is 70.9. The molecule has 10 rings (SSSR count). The second kappa shape index (κ2) is 40.4. The largest absolute Gasteiger partial charge is 0.496 e. The van der Waals surface area contributed by atoms with Crippen LogP contribution in [-0.4, -0.2) is 115 Å². The van der Waals surface area contributed by atoms with Crippen LogP contribution in [0.15, 0.2) is 182 Å². The topological polar surface area (TPSA) is 178 Å². The van der Waals surface area contributed by atoms with Crippen LogP contribution < -0.4 is 56.8 Å². The Morgan fingerprint density at radius 1 is 0.299 bits per heavy atom. The van der Waals surface area contributed by atoms with Gasteiger partial charge in [-0.3, -0.25) is 4.79 Å². The first kappa shape index (κ1) is 83.9. The molecule has 2 N–H and O–H groups in total. The quantitative estimate of drug-likeness (QED) is 0.0367. The van der Waals surface area contributed by atoms with E-state index >= 15 is 0 Å². The highest BCUT2D eigenvalue weighted by Gasteiger charge is 2.36. The molecule has 0 aliphatic heterocycles. The Bertz CT molecular complexity index is 4460. The van der Waals surface area contributed by atoms with Crippen LogP contribution in [0.1, 0.15) is 142 Å². The molecule has 107 heavy (non-hydrogen) atoms. The summed E-state index contributed by atoms with van der Waals surface area (Å²) in [7, 11) is 19.7. The van der Waals surface area contributed by atoms with Gasteiger partial charge in [-0.2, -0.15) is 0 Å². The smallest absolute Gasteiger partial charge is 0.314 e. The second-order valence-electron chi connectivity index (χ2n) is 25.8. The summed E-state index contributed by atoms with van der Waals surface area (Å²) in [5, 5.41) is 21.1. The molecular formula is C90H105BrO16. The van der Waals surface area contributed by atoms with Crippen LogP contribution in [0.2, 0.25) is 0 Å². The number of hydrogen-bond donors (Lipinski definition) is 2. The zero-order chi connectivity index (χ0) is 78.2. The van der Waals surface area contributed by atoms with E-state index in [1.54, 1.807) is 85.3 Å². The number of carbonyl (C=O) groups is 1. The van der Waals surface area contributed by atoms with Crippen molar-refractivity contribution >= 4 is 21.9 Å². The van der Waals surface area contributed by atoms with Gasteiger partial charge in [0.1, 0.15) is 52.1 Å². The van der Waals surface area contributed by atoms with E-state index in [4.69, 9.17) is 61.6 Å². The number of aliphatic hydroxyl groups is 2. The van der Waals surface area contributed by atoms with E-state index in [0.29, 0.717) is 23.0 Å². The molecule has 0 aliphatic rings. The Morgan fingerprint density at radius 2 is 0.551 bits per heavy atom. The fourth-order valence-electron chi connectivity index (χ4n) is 13.2. The van der Waals surface area contributed by atoms with Crippen LogP contribution in [0.4, 0.5) is 0 Å². The van der Waals surface area contributed by atoms with Gasteiger partial charge in [0.25, 0.3) is 0 Å². The second-order valence-corrected chi connectivity index (χ2v) is 26.7. The van der Waals surface area contributed by atoms with Gasteiger partial charge in [-0.1, -0.05) is 119 Å². The first-order chi connectivity index (χ1) is 51.5. The highest BCUT2D eigenvalue weighted by Crippen LogP contribution is 2.47. The molecule has 0 bridgehead atoms. The van der Waals surface area contributed by atoms with E-state index in [1.807, 2.05) is 171 Å². The van der Waals surface area contributed by atoms with Crippen LogP contribution in [0.25, 0.3) is 0 Å². The number of esters is 1. The summed E-state index contributed by atoms with van der Waals surface area (Å²) in [6.45, 7) is 18.1. The Morgan fingerprint density at radius 3 is 0.944 bits per heavy atom. The van der Waals surface area contributed by atoms with Crippen molar-refractivity contribution in [1.29, 1.82) is 0 Å². The highest BCUT2D eigenvalue weighted by molar-refractivity contribution is 9.09. The van der Waals surface area contributed by atoms with Gasteiger partial charge in [-0.25, -0.2) is 0 Å². The van der Waals surface area contributed by atoms with Crippen molar-refractivity contribution in [3.8, 4) is 69.0 Å². The van der Waals surface area contributed by atoms with Gasteiger partial charge in [0.2, 0.25) is 0 Å². The van der Waals surface area contributed by atoms with Crippen molar-refractivity contribution in [1.82, 2.24) is 0 Å². The number of carbonyl (C=O) groups excluding carboxylic acids is 1. The number of methoxy groups -OCH3 is 12. The molecule has 0 heterocycles. The fourth-order valence-corrected chi connectivity index (χ4v) is 13.8. The maximum absolute atomic E-state index is 13.6. The van der Waals surface area contributed by atoms with Gasteiger partial charge < -0.3 is 71.8 Å². The number of benzene rings is 10. The Hall–Kier alpha value is -10.3. The molecule has 0 saturated carbocycles. The molecule has 0 amide bonds. The lowest BCUT2D eigenvalue weighted by atomic mass is 9.76. The fraction of sp³-hybridized carbons (Fsp3) is 0.322. The molecule has 0 saturated heterocycles. The third-order valence-electron chi connectivity index (χ3n) is 19.1. The van der Waals surface area contributed by atoms with Gasteiger partial charge in [-0.15, -0.1) is 0 Å². The van der Waals surface area contributed by atoms with E-state index in [9.17, 15) is 15.0 Å². The first-order valence-corrected chi connectivity index (χ1v) is 36.1.